The van der Waals surface area contributed by atoms with Gasteiger partial charge in [0.2, 0.25) is 0 Å². The number of nitrogens with one attached hydrogen (secondary N) is 2. The highest BCUT2D eigenvalue weighted by Gasteiger charge is 2.40. The summed E-state index contributed by atoms with van der Waals surface area (Å²) in [5.74, 6) is -0.328. The van der Waals surface area contributed by atoms with Crippen molar-refractivity contribution in [1.29, 1.82) is 0 Å². The third-order valence-electron chi connectivity index (χ3n) is 6.60. The Morgan fingerprint density at radius 3 is 2.73 bits per heavy atom. The number of benzene rings is 3. The van der Waals surface area contributed by atoms with Gasteiger partial charge < -0.3 is 5.32 Å². The molecule has 3 atom stereocenters. The zero-order valence-electron chi connectivity index (χ0n) is 18.1. The van der Waals surface area contributed by atoms with Gasteiger partial charge in [-0.2, -0.15) is 0 Å². The molecular weight excluding hydrogens is 459 g/mol. The van der Waals surface area contributed by atoms with E-state index in [1.807, 2.05) is 25.1 Å². The molecule has 3 aromatic rings. The highest BCUT2D eigenvalue weighted by molar-refractivity contribution is 7.92. The molecule has 2 aliphatic rings. The fourth-order valence-electron chi connectivity index (χ4n) is 4.97. The fraction of sp³-hybridized carbons (Fsp3) is 0.231. The second-order valence-electron chi connectivity index (χ2n) is 8.48. The van der Waals surface area contributed by atoms with Crippen LogP contribution in [0.1, 0.15) is 42.0 Å². The van der Waals surface area contributed by atoms with Gasteiger partial charge >= 0.3 is 0 Å². The average Bonchev–Trinajstić information content (AvgIpc) is 3.29. The van der Waals surface area contributed by atoms with Gasteiger partial charge in [0, 0.05) is 22.2 Å². The van der Waals surface area contributed by atoms with E-state index in [0.29, 0.717) is 16.3 Å². The highest BCUT2D eigenvalue weighted by Crippen LogP contribution is 2.51. The van der Waals surface area contributed by atoms with Crippen molar-refractivity contribution in [3.8, 4) is 0 Å². The lowest BCUT2D eigenvalue weighted by Crippen LogP contribution is -2.30. The Hall–Kier alpha value is -2.83. The van der Waals surface area contributed by atoms with Crippen molar-refractivity contribution in [2.75, 3.05) is 10.0 Å². The number of rotatable bonds is 5. The van der Waals surface area contributed by atoms with Crippen molar-refractivity contribution < 1.29 is 12.8 Å². The van der Waals surface area contributed by atoms with Crippen LogP contribution in [0, 0.1) is 11.7 Å². The number of hydrogen-bond donors (Lipinski definition) is 2. The molecular formula is C26H24ClFN2O2S. The van der Waals surface area contributed by atoms with E-state index in [9.17, 15) is 12.8 Å². The number of allylic oxidation sites excluding steroid dienone is 2. The molecule has 170 valence electrons. The van der Waals surface area contributed by atoms with Crippen LogP contribution in [-0.2, 0) is 16.4 Å². The molecule has 0 fully saturated rings. The number of halogens is 2. The summed E-state index contributed by atoms with van der Waals surface area (Å²) in [6, 6.07) is 16.9. The second-order valence-corrected chi connectivity index (χ2v) is 10.6. The number of hydrogen-bond acceptors (Lipinski definition) is 3. The van der Waals surface area contributed by atoms with Gasteiger partial charge in [0.05, 0.1) is 16.6 Å². The molecule has 1 aliphatic heterocycles. The predicted molar refractivity (Wildman–Crippen MR) is 131 cm³/mol. The number of aryl methyl sites for hydroxylation is 1. The first-order chi connectivity index (χ1) is 15.9. The van der Waals surface area contributed by atoms with Crippen molar-refractivity contribution >= 4 is 33.0 Å². The zero-order chi connectivity index (χ0) is 23.2. The van der Waals surface area contributed by atoms with E-state index >= 15 is 0 Å². The van der Waals surface area contributed by atoms with Gasteiger partial charge in [-0.3, -0.25) is 4.72 Å². The maximum Gasteiger partial charge on any atom is 0.261 e. The third kappa shape index (κ3) is 3.91. The monoisotopic (exact) mass is 482 g/mol. The SMILES string of the molecule is CCc1ccccc1NS(=O)(=O)c1ccc2c(c1)[C@H]1C=CC[C@H]1[C@@H](c1c(F)cccc1Cl)N2. The van der Waals surface area contributed by atoms with Crippen LogP contribution in [0.2, 0.25) is 5.02 Å². The van der Waals surface area contributed by atoms with Crippen LogP contribution in [0.4, 0.5) is 15.8 Å². The number of fused-ring (bicyclic) bond motifs is 3. The molecule has 0 saturated carbocycles. The summed E-state index contributed by atoms with van der Waals surface area (Å²) in [6.45, 7) is 1.99. The topological polar surface area (TPSA) is 58.2 Å². The van der Waals surface area contributed by atoms with Crippen molar-refractivity contribution in [2.45, 2.75) is 36.6 Å². The largest absolute Gasteiger partial charge is 0.378 e. The maximum atomic E-state index is 14.7. The Balaban J connectivity index is 1.52. The minimum atomic E-state index is -3.77. The van der Waals surface area contributed by atoms with Gasteiger partial charge in [-0.15, -0.1) is 0 Å². The Bertz CT molecular complexity index is 1340. The van der Waals surface area contributed by atoms with Crippen molar-refractivity contribution in [3.63, 3.8) is 0 Å². The molecule has 0 aromatic heterocycles. The maximum absolute atomic E-state index is 14.7. The van der Waals surface area contributed by atoms with E-state index in [2.05, 4.69) is 22.2 Å². The summed E-state index contributed by atoms with van der Waals surface area (Å²) < 4.78 is 43.9. The molecule has 0 radical (unpaired) electrons. The molecule has 0 amide bonds. The minimum absolute atomic E-state index is 0.0278. The summed E-state index contributed by atoms with van der Waals surface area (Å²) in [4.78, 5) is 0.204. The van der Waals surface area contributed by atoms with E-state index in [-0.39, 0.29) is 28.6 Å². The van der Waals surface area contributed by atoms with E-state index < -0.39 is 10.0 Å². The van der Waals surface area contributed by atoms with E-state index in [0.717, 1.165) is 29.7 Å². The molecule has 1 heterocycles. The van der Waals surface area contributed by atoms with E-state index in [4.69, 9.17) is 11.6 Å². The van der Waals surface area contributed by atoms with Crippen LogP contribution >= 0.6 is 11.6 Å². The van der Waals surface area contributed by atoms with Crippen molar-refractivity contribution in [2.24, 2.45) is 5.92 Å². The van der Waals surface area contributed by atoms with Gasteiger partial charge in [0.25, 0.3) is 10.0 Å². The van der Waals surface area contributed by atoms with Crippen LogP contribution in [0.15, 0.2) is 77.7 Å². The number of para-hydroxylation sites is 1. The summed E-state index contributed by atoms with van der Waals surface area (Å²) in [6.07, 6.45) is 5.64. The van der Waals surface area contributed by atoms with Crippen LogP contribution in [0.5, 0.6) is 0 Å². The van der Waals surface area contributed by atoms with E-state index in [1.54, 1.807) is 36.4 Å². The first kappa shape index (κ1) is 22.0. The van der Waals surface area contributed by atoms with Gasteiger partial charge in [0.15, 0.2) is 0 Å². The van der Waals surface area contributed by atoms with Crippen LogP contribution in [0.3, 0.4) is 0 Å². The Morgan fingerprint density at radius 2 is 1.94 bits per heavy atom. The molecule has 2 N–H and O–H groups in total. The Morgan fingerprint density at radius 1 is 1.12 bits per heavy atom. The molecule has 0 saturated heterocycles. The lowest BCUT2D eigenvalue weighted by molar-refractivity contribution is 0.413. The van der Waals surface area contributed by atoms with Crippen LogP contribution < -0.4 is 10.0 Å². The zero-order valence-corrected chi connectivity index (χ0v) is 19.6. The van der Waals surface area contributed by atoms with Crippen LogP contribution in [-0.4, -0.2) is 8.42 Å². The lowest BCUT2D eigenvalue weighted by Gasteiger charge is -2.38. The first-order valence-corrected chi connectivity index (χ1v) is 12.9. The smallest absolute Gasteiger partial charge is 0.261 e. The molecule has 7 heteroatoms. The molecule has 0 spiro atoms. The molecule has 0 unspecified atom stereocenters. The summed E-state index contributed by atoms with van der Waals surface area (Å²) >= 11 is 6.38. The molecule has 4 nitrogen and oxygen atoms in total. The normalized spacial score (nSPS) is 21.2. The lowest BCUT2D eigenvalue weighted by atomic mass is 9.77. The molecule has 33 heavy (non-hydrogen) atoms. The Labute approximate surface area is 198 Å². The molecule has 1 aliphatic carbocycles. The van der Waals surface area contributed by atoms with Gasteiger partial charge in [-0.1, -0.05) is 54.9 Å². The third-order valence-corrected chi connectivity index (χ3v) is 8.29. The van der Waals surface area contributed by atoms with Crippen molar-refractivity contribution in [3.05, 3.63) is 100 Å². The first-order valence-electron chi connectivity index (χ1n) is 11.0. The van der Waals surface area contributed by atoms with Gasteiger partial charge in [0.1, 0.15) is 5.82 Å². The summed E-state index contributed by atoms with van der Waals surface area (Å²) in [5.41, 5.74) is 3.66. The molecule has 5 rings (SSSR count). The van der Waals surface area contributed by atoms with Crippen molar-refractivity contribution in [1.82, 2.24) is 0 Å². The Kier molecular flexibility index (Phi) is 5.67. The summed E-state index contributed by atoms with van der Waals surface area (Å²) in [7, 11) is -3.77. The quantitative estimate of drug-likeness (QED) is 0.399. The van der Waals surface area contributed by atoms with Gasteiger partial charge in [-0.05, 0) is 66.3 Å². The highest BCUT2D eigenvalue weighted by atomic mass is 35.5. The van der Waals surface area contributed by atoms with Gasteiger partial charge in [-0.25, -0.2) is 12.8 Å². The minimum Gasteiger partial charge on any atom is -0.378 e. The summed E-state index contributed by atoms with van der Waals surface area (Å²) in [5, 5.41) is 3.82. The number of anilines is 2. The standard InChI is InChI=1S/C26H24ClFN2O2S/c1-2-16-7-3-4-12-23(16)30-33(31,32)17-13-14-24-20(15-17)18-8-5-9-19(18)26(29-24)25-21(27)10-6-11-22(25)28/h3-8,10-15,18-19,26,29-30H,2,9H2,1H3/t18-,19+,26-/m0/s1. The second kappa shape index (κ2) is 8.50. The fourth-order valence-corrected chi connectivity index (χ4v) is 6.38. The number of sulfonamides is 1. The molecule has 3 aromatic carbocycles. The molecule has 0 bridgehead atoms. The average molecular weight is 483 g/mol. The predicted octanol–water partition coefficient (Wildman–Crippen LogP) is 6.67. The van der Waals surface area contributed by atoms with Crippen LogP contribution in [0.25, 0.3) is 0 Å². The van der Waals surface area contributed by atoms with E-state index in [1.165, 1.54) is 6.07 Å².